The van der Waals surface area contributed by atoms with E-state index in [1.165, 1.54) is 18.2 Å². The zero-order valence-corrected chi connectivity index (χ0v) is 9.59. The average molecular weight is 251 g/mol. The van der Waals surface area contributed by atoms with Crippen LogP contribution in [0.3, 0.4) is 0 Å². The maximum absolute atomic E-state index is 13.3. The van der Waals surface area contributed by atoms with Crippen molar-refractivity contribution in [3.8, 4) is 6.07 Å². The van der Waals surface area contributed by atoms with Gasteiger partial charge in [-0.05, 0) is 23.8 Å². The number of nitriles is 1. The molecule has 0 fully saturated rings. The minimum atomic E-state index is -0.422. The predicted octanol–water partition coefficient (Wildman–Crippen LogP) is 1.14. The minimum absolute atomic E-state index is 0.105. The summed E-state index contributed by atoms with van der Waals surface area (Å²) in [6, 6.07) is 5.97. The lowest BCUT2D eigenvalue weighted by atomic mass is 10.1. The van der Waals surface area contributed by atoms with Crippen molar-refractivity contribution >= 4 is 22.9 Å². The van der Waals surface area contributed by atoms with Crippen LogP contribution in [0.25, 0.3) is 0 Å². The molecule has 1 aromatic carbocycles. The van der Waals surface area contributed by atoms with Gasteiger partial charge in [-0.15, -0.1) is 0 Å². The van der Waals surface area contributed by atoms with E-state index in [2.05, 4.69) is 4.99 Å². The molecule has 0 aliphatic rings. The number of halogens is 1. The van der Waals surface area contributed by atoms with Crippen LogP contribution in [0.5, 0.6) is 0 Å². The second kappa shape index (κ2) is 5.86. The average Bonchev–Trinajstić information content (AvgIpc) is 2.27. The van der Waals surface area contributed by atoms with Crippen molar-refractivity contribution in [3.05, 3.63) is 35.1 Å². The number of amidine groups is 1. The molecule has 1 rings (SSSR count). The molecule has 0 radical (unpaired) electrons. The number of nitrogens with two attached hydrogens (primary N) is 2. The lowest BCUT2D eigenvalue weighted by Crippen LogP contribution is -2.23. The fourth-order valence-corrected chi connectivity index (χ4v) is 1.73. The molecule has 17 heavy (non-hydrogen) atoms. The molecule has 5 nitrogen and oxygen atoms in total. The van der Waals surface area contributed by atoms with E-state index >= 15 is 0 Å². The van der Waals surface area contributed by atoms with E-state index in [-0.39, 0.29) is 16.9 Å². The third-order valence-corrected chi connectivity index (χ3v) is 2.59. The number of hydrogen-bond donors (Lipinski definition) is 3. The van der Waals surface area contributed by atoms with Crippen LogP contribution in [0.2, 0.25) is 0 Å². The van der Waals surface area contributed by atoms with Crippen LogP contribution in [0.15, 0.2) is 23.2 Å². The molecule has 0 amide bonds. The molecule has 0 aliphatic heterocycles. The summed E-state index contributed by atoms with van der Waals surface area (Å²) in [7, 11) is 0. The Bertz CT molecular complexity index is 502. The van der Waals surface area contributed by atoms with Crippen LogP contribution in [0.1, 0.15) is 11.1 Å². The lowest BCUT2D eigenvalue weighted by molar-refractivity contribution is 0.617. The van der Waals surface area contributed by atoms with Crippen LogP contribution in [-0.2, 0) is 5.75 Å². The van der Waals surface area contributed by atoms with Crippen molar-refractivity contribution in [1.82, 2.24) is 0 Å². The minimum Gasteiger partial charge on any atom is -0.370 e. The van der Waals surface area contributed by atoms with Gasteiger partial charge < -0.3 is 11.5 Å². The zero-order chi connectivity index (χ0) is 12.8. The smallest absolute Gasteiger partial charge is 0.193 e. The fourth-order valence-electron chi connectivity index (χ4n) is 1.05. The first-order valence-electron chi connectivity index (χ1n) is 4.52. The molecule has 0 atom stereocenters. The molecule has 0 saturated carbocycles. The molecule has 7 heteroatoms. The summed E-state index contributed by atoms with van der Waals surface area (Å²) in [5, 5.41) is 15.9. The van der Waals surface area contributed by atoms with Gasteiger partial charge in [-0.2, -0.15) is 10.3 Å². The van der Waals surface area contributed by atoms with Crippen molar-refractivity contribution in [2.45, 2.75) is 5.75 Å². The summed E-state index contributed by atoms with van der Waals surface area (Å²) in [6.07, 6.45) is 0. The number of benzene rings is 1. The molecule has 0 aliphatic carbocycles. The Kier molecular flexibility index (Phi) is 4.48. The Labute approximate surface area is 102 Å². The third-order valence-electron chi connectivity index (χ3n) is 1.77. The SMILES string of the molecule is N#Cc1ccc(F)c(CSC(=N)N=C(N)N)c1. The fraction of sp³-hybridized carbons (Fsp3) is 0.100. The molecule has 0 bridgehead atoms. The van der Waals surface area contributed by atoms with E-state index in [0.29, 0.717) is 11.1 Å². The Morgan fingerprint density at radius 2 is 2.24 bits per heavy atom. The maximum atomic E-state index is 13.3. The van der Waals surface area contributed by atoms with Gasteiger partial charge in [-0.25, -0.2) is 4.39 Å². The number of nitrogens with one attached hydrogen (secondary N) is 1. The van der Waals surface area contributed by atoms with Gasteiger partial charge in [0.05, 0.1) is 11.6 Å². The van der Waals surface area contributed by atoms with Gasteiger partial charge in [0.1, 0.15) is 5.82 Å². The Morgan fingerprint density at radius 3 is 2.82 bits per heavy atom. The van der Waals surface area contributed by atoms with E-state index in [0.717, 1.165) is 11.8 Å². The molecule has 0 unspecified atom stereocenters. The highest BCUT2D eigenvalue weighted by Gasteiger charge is 2.05. The van der Waals surface area contributed by atoms with Crippen LogP contribution in [-0.4, -0.2) is 11.1 Å². The van der Waals surface area contributed by atoms with E-state index in [1.807, 2.05) is 6.07 Å². The molecule has 88 valence electrons. The Morgan fingerprint density at radius 1 is 1.53 bits per heavy atom. The highest BCUT2D eigenvalue weighted by Crippen LogP contribution is 2.18. The molecule has 1 aromatic rings. The van der Waals surface area contributed by atoms with Crippen molar-refractivity contribution < 1.29 is 4.39 Å². The highest BCUT2D eigenvalue weighted by atomic mass is 32.2. The normalized spacial score (nSPS) is 9.41. The summed E-state index contributed by atoms with van der Waals surface area (Å²) >= 11 is 0.978. The van der Waals surface area contributed by atoms with Crippen molar-refractivity contribution in [2.24, 2.45) is 16.5 Å². The van der Waals surface area contributed by atoms with Gasteiger partial charge in [0.2, 0.25) is 0 Å². The molecular weight excluding hydrogens is 241 g/mol. The van der Waals surface area contributed by atoms with E-state index in [4.69, 9.17) is 22.1 Å². The van der Waals surface area contributed by atoms with Gasteiger partial charge in [-0.3, -0.25) is 5.41 Å². The van der Waals surface area contributed by atoms with Crippen molar-refractivity contribution in [3.63, 3.8) is 0 Å². The number of thioether (sulfide) groups is 1. The van der Waals surface area contributed by atoms with E-state index in [9.17, 15) is 4.39 Å². The van der Waals surface area contributed by atoms with Gasteiger partial charge in [0, 0.05) is 5.75 Å². The van der Waals surface area contributed by atoms with Gasteiger partial charge in [0.25, 0.3) is 0 Å². The van der Waals surface area contributed by atoms with E-state index in [1.54, 1.807) is 0 Å². The quantitative estimate of drug-likeness (QED) is 0.540. The first-order chi connectivity index (χ1) is 8.02. The number of guanidine groups is 1. The van der Waals surface area contributed by atoms with Crippen LogP contribution in [0.4, 0.5) is 4.39 Å². The van der Waals surface area contributed by atoms with Crippen LogP contribution < -0.4 is 11.5 Å². The summed E-state index contributed by atoms with van der Waals surface area (Å²) in [6.45, 7) is 0. The maximum Gasteiger partial charge on any atom is 0.193 e. The molecule has 0 saturated heterocycles. The second-order valence-corrected chi connectivity index (χ2v) is 4.01. The van der Waals surface area contributed by atoms with Gasteiger partial charge >= 0.3 is 0 Å². The summed E-state index contributed by atoms with van der Waals surface area (Å²) in [5.74, 6) is -0.445. The zero-order valence-electron chi connectivity index (χ0n) is 8.77. The standard InChI is InChI=1S/C10H10FN5S/c11-8-2-1-6(4-12)3-7(8)5-17-10(15)16-9(13)14/h1-3H,5H2,(H5,13,14,15,16). The van der Waals surface area contributed by atoms with Crippen molar-refractivity contribution in [1.29, 1.82) is 10.7 Å². The monoisotopic (exact) mass is 251 g/mol. The van der Waals surface area contributed by atoms with Gasteiger partial charge in [0.15, 0.2) is 11.1 Å². The summed E-state index contributed by atoms with van der Waals surface area (Å²) in [5.41, 5.74) is 10.9. The number of nitrogens with zero attached hydrogens (tertiary/aromatic N) is 2. The second-order valence-electron chi connectivity index (χ2n) is 3.05. The predicted molar refractivity (Wildman–Crippen MR) is 65.9 cm³/mol. The number of rotatable bonds is 2. The van der Waals surface area contributed by atoms with E-state index < -0.39 is 5.82 Å². The molecule has 5 N–H and O–H groups in total. The Balaban J connectivity index is 2.73. The number of hydrogen-bond acceptors (Lipinski definition) is 3. The molecule has 0 spiro atoms. The third kappa shape index (κ3) is 4.12. The molecule has 0 aromatic heterocycles. The van der Waals surface area contributed by atoms with Crippen LogP contribution >= 0.6 is 11.8 Å². The molecular formula is C10H10FN5S. The van der Waals surface area contributed by atoms with Crippen LogP contribution in [0, 0.1) is 22.6 Å². The topological polar surface area (TPSA) is 112 Å². The Hall–Kier alpha value is -2.07. The first kappa shape index (κ1) is 13.0. The first-order valence-corrected chi connectivity index (χ1v) is 5.51. The lowest BCUT2D eigenvalue weighted by Gasteiger charge is -2.02. The van der Waals surface area contributed by atoms with Gasteiger partial charge in [-0.1, -0.05) is 11.8 Å². The molecule has 0 heterocycles. The van der Waals surface area contributed by atoms with Crippen molar-refractivity contribution in [2.75, 3.05) is 0 Å². The summed E-state index contributed by atoms with van der Waals surface area (Å²) in [4.78, 5) is 3.50. The highest BCUT2D eigenvalue weighted by molar-refractivity contribution is 8.13. The largest absolute Gasteiger partial charge is 0.370 e. The number of aliphatic imine (C=N–C) groups is 1. The summed E-state index contributed by atoms with van der Waals surface area (Å²) < 4.78 is 13.3.